The molecule has 3 aromatic heterocycles. The molecule has 1 saturated heterocycles. The van der Waals surface area contributed by atoms with Crippen molar-refractivity contribution < 1.29 is 13.6 Å². The zero-order chi connectivity index (χ0) is 24.2. The third kappa shape index (κ3) is 5.16. The average Bonchev–Trinajstić information content (AvgIpc) is 3.38. The Hall–Kier alpha value is -2.76. The number of aldehydes is 1. The number of hydrogen-bond acceptors (Lipinski definition) is 7. The number of anilines is 1. The zero-order valence-corrected chi connectivity index (χ0v) is 20.4. The van der Waals surface area contributed by atoms with Gasteiger partial charge >= 0.3 is 0 Å². The monoisotopic (exact) mass is 489 g/mol. The van der Waals surface area contributed by atoms with Crippen molar-refractivity contribution in [2.75, 3.05) is 31.6 Å². The van der Waals surface area contributed by atoms with Crippen LogP contribution in [-0.2, 0) is 26.7 Å². The third-order valence-electron chi connectivity index (χ3n) is 6.04. The summed E-state index contributed by atoms with van der Waals surface area (Å²) >= 11 is 1.72. The number of aromatic nitrogens is 4. The molecule has 1 N–H and O–H groups in total. The van der Waals surface area contributed by atoms with E-state index in [9.17, 15) is 13.6 Å². The molecular weight excluding hydrogens is 460 g/mol. The summed E-state index contributed by atoms with van der Waals surface area (Å²) in [6, 6.07) is 5.34. The third-order valence-corrected chi connectivity index (χ3v) is 7.22. The average molecular weight is 490 g/mol. The highest BCUT2D eigenvalue weighted by molar-refractivity contribution is 7.97. The lowest BCUT2D eigenvalue weighted by Crippen LogP contribution is -2.49. The Labute approximate surface area is 202 Å². The highest BCUT2D eigenvalue weighted by Gasteiger charge is 2.29. The maximum atomic E-state index is 13.5. The number of nitrogens with one attached hydrogen (secondary N) is 1. The molecule has 5 rings (SSSR count). The minimum atomic E-state index is -0.808. The molecule has 0 saturated carbocycles. The molecule has 2 aliphatic rings. The van der Waals surface area contributed by atoms with E-state index in [0.717, 1.165) is 42.2 Å². The summed E-state index contributed by atoms with van der Waals surface area (Å²) in [5.74, 6) is 0.259. The fraction of sp³-hybridized carbons (Fsp3) is 0.435. The van der Waals surface area contributed by atoms with Crippen molar-refractivity contribution >= 4 is 24.1 Å². The number of carbonyl (C=O) groups excluding carboxylic acids is 1. The van der Waals surface area contributed by atoms with Gasteiger partial charge in [0.15, 0.2) is 6.29 Å². The second-order valence-corrected chi connectivity index (χ2v) is 9.46. The highest BCUT2D eigenvalue weighted by atomic mass is 32.2. The van der Waals surface area contributed by atoms with E-state index in [1.165, 1.54) is 18.0 Å². The lowest BCUT2D eigenvalue weighted by molar-refractivity contribution is 0.111. The fourth-order valence-electron chi connectivity index (χ4n) is 3.95. The molecule has 0 radical (unpaired) electrons. The number of rotatable bonds is 6. The first-order chi connectivity index (χ1) is 16.4. The second-order valence-electron chi connectivity index (χ2n) is 8.32. The molecule has 0 amide bonds. The number of pyridine rings is 1. The molecule has 3 aromatic rings. The second kappa shape index (κ2) is 10.7. The first kappa shape index (κ1) is 24.4. The molecule has 8 nitrogen and oxygen atoms in total. The van der Waals surface area contributed by atoms with Crippen LogP contribution in [0.1, 0.15) is 27.4 Å². The van der Waals surface area contributed by atoms with Crippen molar-refractivity contribution in [3.8, 4) is 0 Å². The Balaban J connectivity index is 0.000000166. The van der Waals surface area contributed by atoms with Gasteiger partial charge in [0.2, 0.25) is 0 Å². The van der Waals surface area contributed by atoms with Gasteiger partial charge in [-0.25, -0.2) is 18.1 Å². The van der Waals surface area contributed by atoms with E-state index in [1.807, 2.05) is 35.5 Å². The van der Waals surface area contributed by atoms with Gasteiger partial charge in [0.1, 0.15) is 17.8 Å². The lowest BCUT2D eigenvalue weighted by atomic mass is 10.1. The van der Waals surface area contributed by atoms with Crippen molar-refractivity contribution in [2.45, 2.75) is 37.6 Å². The quantitative estimate of drug-likeness (QED) is 0.422. The summed E-state index contributed by atoms with van der Waals surface area (Å²) in [6.45, 7) is 5.84. The maximum Gasteiger partial charge on any atom is 0.166 e. The van der Waals surface area contributed by atoms with Gasteiger partial charge in [0.25, 0.3) is 0 Å². The number of fused-ring (bicyclic) bond motifs is 1. The highest BCUT2D eigenvalue weighted by Crippen LogP contribution is 2.31. The van der Waals surface area contributed by atoms with Crippen LogP contribution in [0.5, 0.6) is 0 Å². The first-order valence-corrected chi connectivity index (χ1v) is 11.9. The van der Waals surface area contributed by atoms with E-state index in [2.05, 4.69) is 25.8 Å². The van der Waals surface area contributed by atoms with Crippen molar-refractivity contribution in [2.24, 2.45) is 7.05 Å². The summed E-state index contributed by atoms with van der Waals surface area (Å²) in [5, 5.41) is 7.16. The molecular formula is C23H29F2N7OS. The smallest absolute Gasteiger partial charge is 0.166 e. The predicted octanol–water partition coefficient (Wildman–Crippen LogP) is 2.96. The molecule has 2 aliphatic heterocycles. The van der Waals surface area contributed by atoms with Crippen molar-refractivity contribution in [1.82, 2.24) is 29.0 Å². The van der Waals surface area contributed by atoms with E-state index < -0.39 is 6.17 Å². The van der Waals surface area contributed by atoms with Crippen LogP contribution in [0.2, 0.25) is 0 Å². The molecule has 1 fully saturated rings. The SMILES string of the molecule is CNCc1c(F)ccnc1N1CC(F)C1.Cc1c(SN2CCn3nccc3C2)cc(C=O)n1C. The van der Waals surface area contributed by atoms with Gasteiger partial charge in [-0.05, 0) is 44.1 Å². The molecule has 5 heterocycles. The van der Waals surface area contributed by atoms with Gasteiger partial charge in [-0.15, -0.1) is 0 Å². The van der Waals surface area contributed by atoms with Crippen molar-refractivity contribution in [1.29, 1.82) is 0 Å². The summed E-state index contributed by atoms with van der Waals surface area (Å²) in [4.78, 5) is 18.0. The fourth-order valence-corrected chi connectivity index (χ4v) is 5.04. The minimum Gasteiger partial charge on any atom is -0.350 e. The molecule has 0 aromatic carbocycles. The van der Waals surface area contributed by atoms with Gasteiger partial charge in [-0.2, -0.15) is 5.10 Å². The topological polar surface area (TPSA) is 71.2 Å². The molecule has 0 aliphatic carbocycles. The Kier molecular flexibility index (Phi) is 7.64. The number of carbonyl (C=O) groups is 1. The van der Waals surface area contributed by atoms with Crippen LogP contribution in [0, 0.1) is 12.7 Å². The van der Waals surface area contributed by atoms with Crippen molar-refractivity contribution in [3.63, 3.8) is 0 Å². The summed E-state index contributed by atoms with van der Waals surface area (Å²) < 4.78 is 32.4. The van der Waals surface area contributed by atoms with Gasteiger partial charge in [0.05, 0.1) is 37.6 Å². The van der Waals surface area contributed by atoms with Crippen LogP contribution in [0.25, 0.3) is 0 Å². The van der Waals surface area contributed by atoms with Crippen LogP contribution < -0.4 is 10.2 Å². The van der Waals surface area contributed by atoms with Gasteiger partial charge < -0.3 is 14.8 Å². The molecule has 11 heteroatoms. The van der Waals surface area contributed by atoms with Crippen LogP contribution in [-0.4, -0.2) is 62.8 Å². The Morgan fingerprint density at radius 3 is 2.74 bits per heavy atom. The molecule has 34 heavy (non-hydrogen) atoms. The Morgan fingerprint density at radius 1 is 1.26 bits per heavy atom. The van der Waals surface area contributed by atoms with Crippen LogP contribution >= 0.6 is 11.9 Å². The standard InChI is InChI=1S/C13H16N4OS.C10H13F2N3/c1-10-13(7-12(9-18)15(10)2)19-16-5-6-17-11(8-16)3-4-14-17;1-13-4-8-9(12)2-3-14-10(8)15-5-7(11)6-15/h3-4,7,9H,5-6,8H2,1-2H3;2-3,7,13H,4-6H2,1H3. The molecule has 0 unspecified atom stereocenters. The summed E-state index contributed by atoms with van der Waals surface area (Å²) in [5.41, 5.74) is 3.60. The Morgan fingerprint density at radius 2 is 2.06 bits per heavy atom. The predicted molar refractivity (Wildman–Crippen MR) is 128 cm³/mol. The normalized spacial score (nSPS) is 16.0. The van der Waals surface area contributed by atoms with Crippen molar-refractivity contribution in [3.05, 3.63) is 59.1 Å². The van der Waals surface area contributed by atoms with Gasteiger partial charge in [-0.3, -0.25) is 9.48 Å². The first-order valence-electron chi connectivity index (χ1n) is 11.1. The largest absolute Gasteiger partial charge is 0.350 e. The number of nitrogens with zero attached hydrogens (tertiary/aromatic N) is 6. The van der Waals surface area contributed by atoms with Crippen LogP contribution in [0.4, 0.5) is 14.6 Å². The summed E-state index contributed by atoms with van der Waals surface area (Å²) in [7, 11) is 3.67. The van der Waals surface area contributed by atoms with E-state index in [1.54, 1.807) is 23.9 Å². The summed E-state index contributed by atoms with van der Waals surface area (Å²) in [6.07, 6.45) is 3.36. The zero-order valence-electron chi connectivity index (χ0n) is 19.5. The number of hydrogen-bond donors (Lipinski definition) is 1. The number of alkyl halides is 1. The van der Waals surface area contributed by atoms with Crippen LogP contribution in [0.3, 0.4) is 0 Å². The van der Waals surface area contributed by atoms with E-state index in [0.29, 0.717) is 31.0 Å². The Bertz CT molecular complexity index is 1140. The maximum absolute atomic E-state index is 13.5. The number of halogens is 2. The van der Waals surface area contributed by atoms with E-state index in [4.69, 9.17) is 0 Å². The molecule has 0 bridgehead atoms. The van der Waals surface area contributed by atoms with Gasteiger partial charge in [0, 0.05) is 48.7 Å². The van der Waals surface area contributed by atoms with Crippen LogP contribution in [0.15, 0.2) is 35.5 Å². The van der Waals surface area contributed by atoms with E-state index in [-0.39, 0.29) is 5.82 Å². The molecule has 0 spiro atoms. The minimum absolute atomic E-state index is 0.295. The lowest BCUT2D eigenvalue weighted by Gasteiger charge is -2.36. The van der Waals surface area contributed by atoms with E-state index >= 15 is 0 Å². The molecule has 0 atom stereocenters. The molecule has 182 valence electrons. The van der Waals surface area contributed by atoms with Gasteiger partial charge in [-0.1, -0.05) is 0 Å².